The van der Waals surface area contributed by atoms with E-state index >= 15 is 0 Å². The molecule has 116 valence electrons. The fourth-order valence-corrected chi connectivity index (χ4v) is 2.73. The summed E-state index contributed by atoms with van der Waals surface area (Å²) in [7, 11) is 0. The molecule has 1 aliphatic rings. The third-order valence-corrected chi connectivity index (χ3v) is 3.88. The summed E-state index contributed by atoms with van der Waals surface area (Å²) in [5, 5.41) is 0. The van der Waals surface area contributed by atoms with Gasteiger partial charge in [0.15, 0.2) is 5.78 Å². The molecule has 0 atom stereocenters. The van der Waals surface area contributed by atoms with E-state index in [-0.39, 0.29) is 22.9 Å². The van der Waals surface area contributed by atoms with Crippen LogP contribution in [0.2, 0.25) is 0 Å². The molecular weight excluding hydrogens is 363 g/mol. The van der Waals surface area contributed by atoms with Crippen molar-refractivity contribution in [1.29, 1.82) is 0 Å². The number of carbonyl (C=O) groups excluding carboxylic acids is 1. The quantitative estimate of drug-likeness (QED) is 0.386. The molecule has 0 spiro atoms. The van der Waals surface area contributed by atoms with Gasteiger partial charge < -0.3 is 0 Å². The second-order valence-electron chi connectivity index (χ2n) is 5.45. The van der Waals surface area contributed by atoms with Gasteiger partial charge in [-0.25, -0.2) is 9.97 Å². The molecule has 1 aliphatic carbocycles. The first-order valence-electron chi connectivity index (χ1n) is 7.55. The number of allylic oxidation sites excluding steroid dienone is 3. The number of carbonyl (C=O) groups is 1. The van der Waals surface area contributed by atoms with Gasteiger partial charge in [-0.05, 0) is 36.3 Å². The number of fused-ring (bicyclic) bond motifs is 2. The molecule has 0 unspecified atom stereocenters. The Morgan fingerprint density at radius 1 is 0.917 bits per heavy atom. The Bertz CT molecular complexity index is 962. The Labute approximate surface area is 150 Å². The van der Waals surface area contributed by atoms with Crippen molar-refractivity contribution < 1.29 is 4.79 Å². The third-order valence-electron chi connectivity index (χ3n) is 3.88. The minimum absolute atomic E-state index is 0. The van der Waals surface area contributed by atoms with Crippen molar-refractivity contribution in [2.24, 2.45) is 0 Å². The van der Waals surface area contributed by atoms with Crippen LogP contribution < -0.4 is 0 Å². The Hall–Kier alpha value is -2.55. The van der Waals surface area contributed by atoms with Crippen LogP contribution in [0.4, 0.5) is 0 Å². The molecule has 3 nitrogen and oxygen atoms in total. The summed E-state index contributed by atoms with van der Waals surface area (Å²) < 4.78 is 0. The molecule has 3 aromatic rings. The average molecular weight is 377 g/mol. The van der Waals surface area contributed by atoms with Crippen LogP contribution in [-0.4, -0.2) is 32.8 Å². The second-order valence-corrected chi connectivity index (χ2v) is 5.45. The van der Waals surface area contributed by atoms with Gasteiger partial charge in [-0.3, -0.25) is 4.79 Å². The molecule has 1 heterocycles. The fourth-order valence-electron chi connectivity index (χ4n) is 2.73. The third kappa shape index (κ3) is 3.07. The van der Waals surface area contributed by atoms with Crippen molar-refractivity contribution >= 4 is 45.5 Å². The zero-order chi connectivity index (χ0) is 15.6. The number of rotatable bonds is 2. The molecule has 2 aromatic carbocycles. The summed E-state index contributed by atoms with van der Waals surface area (Å²) >= 11 is 0. The van der Waals surface area contributed by atoms with Gasteiger partial charge in [0.25, 0.3) is 0 Å². The summed E-state index contributed by atoms with van der Waals surface area (Å²) in [6.45, 7) is 0. The molecule has 0 amide bonds. The molecule has 4 rings (SSSR count). The molecule has 0 bridgehead atoms. The van der Waals surface area contributed by atoms with Crippen molar-refractivity contribution in [2.45, 2.75) is 6.42 Å². The number of nitrogens with zero attached hydrogens (tertiary/aromatic N) is 2. The van der Waals surface area contributed by atoms with Crippen molar-refractivity contribution in [3.63, 3.8) is 0 Å². The average Bonchev–Trinajstić information content (AvgIpc) is 2.61. The number of benzene rings is 2. The van der Waals surface area contributed by atoms with Crippen LogP contribution in [0.5, 0.6) is 0 Å². The number of hydrogen-bond acceptors (Lipinski definition) is 3. The summed E-state index contributed by atoms with van der Waals surface area (Å²) in [6.07, 6.45) is 6.37. The summed E-state index contributed by atoms with van der Waals surface area (Å²) in [4.78, 5) is 21.8. The second kappa shape index (κ2) is 6.91. The predicted octanol–water partition coefficient (Wildman–Crippen LogP) is 3.93. The first-order valence-corrected chi connectivity index (χ1v) is 7.55. The minimum Gasteiger partial charge on any atom is -0.289 e. The van der Waals surface area contributed by atoms with Gasteiger partial charge in [0.2, 0.25) is 0 Å². The van der Waals surface area contributed by atoms with Gasteiger partial charge in [-0.1, -0.05) is 48.5 Å². The van der Waals surface area contributed by atoms with Crippen LogP contribution in [0.3, 0.4) is 0 Å². The SMILES string of the molecule is O=C(C=C1CC=Cc2nc3ccccc3nc21)c1ccccc1.[Se]. The molecule has 24 heavy (non-hydrogen) atoms. The van der Waals surface area contributed by atoms with E-state index < -0.39 is 0 Å². The van der Waals surface area contributed by atoms with Gasteiger partial charge in [0.05, 0.1) is 22.4 Å². The molecule has 2 radical (unpaired) electrons. The normalized spacial score (nSPS) is 14.2. The van der Waals surface area contributed by atoms with E-state index in [9.17, 15) is 4.79 Å². The van der Waals surface area contributed by atoms with Crippen molar-refractivity contribution in [1.82, 2.24) is 9.97 Å². The summed E-state index contributed by atoms with van der Waals surface area (Å²) in [6, 6.07) is 17.1. The molecular formula is C20H14N2OSe. The zero-order valence-corrected chi connectivity index (χ0v) is 14.6. The van der Waals surface area contributed by atoms with Crippen molar-refractivity contribution in [2.75, 3.05) is 0 Å². The maximum absolute atomic E-state index is 12.4. The first-order chi connectivity index (χ1) is 11.3. The van der Waals surface area contributed by atoms with Gasteiger partial charge in [-0.15, -0.1) is 0 Å². The maximum atomic E-state index is 12.4. The van der Waals surface area contributed by atoms with Crippen molar-refractivity contribution in [3.8, 4) is 0 Å². The minimum atomic E-state index is -0.00295. The molecule has 0 saturated carbocycles. The fraction of sp³-hybridized carbons (Fsp3) is 0.0500. The van der Waals surface area contributed by atoms with Gasteiger partial charge >= 0.3 is 0 Å². The van der Waals surface area contributed by atoms with E-state index in [1.54, 1.807) is 6.08 Å². The molecule has 0 N–H and O–H groups in total. The van der Waals surface area contributed by atoms with E-state index in [0.29, 0.717) is 12.0 Å². The topological polar surface area (TPSA) is 42.9 Å². The molecule has 0 fully saturated rings. The van der Waals surface area contributed by atoms with Crippen LogP contribution in [-0.2, 0) is 0 Å². The van der Waals surface area contributed by atoms with E-state index in [1.165, 1.54) is 0 Å². The van der Waals surface area contributed by atoms with Crippen LogP contribution in [0.1, 0.15) is 28.2 Å². The van der Waals surface area contributed by atoms with E-state index in [2.05, 4.69) is 4.98 Å². The smallest absolute Gasteiger partial charge is 0.186 e. The largest absolute Gasteiger partial charge is 0.289 e. The maximum Gasteiger partial charge on any atom is 0.186 e. The van der Waals surface area contributed by atoms with E-state index in [1.807, 2.05) is 66.7 Å². The first kappa shape index (κ1) is 16.3. The van der Waals surface area contributed by atoms with Crippen LogP contribution in [0.15, 0.2) is 66.7 Å². The number of aromatic nitrogens is 2. The van der Waals surface area contributed by atoms with Crippen LogP contribution >= 0.6 is 0 Å². The number of ketones is 1. The zero-order valence-electron chi connectivity index (χ0n) is 12.8. The van der Waals surface area contributed by atoms with Crippen LogP contribution in [0, 0.1) is 0 Å². The standard InChI is InChI=1S/C20H14N2O.Se/c23-19(14-7-2-1-3-8-14)13-15-9-6-12-18-20(15)22-17-11-5-4-10-16(17)21-18;/h1-8,10-13H,9H2;. The monoisotopic (exact) mass is 378 g/mol. The van der Waals surface area contributed by atoms with E-state index in [0.717, 1.165) is 28.0 Å². The number of hydrogen-bond donors (Lipinski definition) is 0. The summed E-state index contributed by atoms with van der Waals surface area (Å²) in [5.74, 6) is -0.00295. The van der Waals surface area contributed by atoms with Crippen molar-refractivity contribution in [3.05, 3.63) is 83.7 Å². The van der Waals surface area contributed by atoms with Crippen LogP contribution in [0.25, 0.3) is 22.7 Å². The Balaban J connectivity index is 0.00000169. The Kier molecular flexibility index (Phi) is 4.70. The van der Waals surface area contributed by atoms with Gasteiger partial charge in [-0.2, -0.15) is 0 Å². The molecule has 4 heteroatoms. The number of para-hydroxylation sites is 2. The Morgan fingerprint density at radius 2 is 1.58 bits per heavy atom. The van der Waals surface area contributed by atoms with E-state index in [4.69, 9.17) is 4.98 Å². The molecule has 0 aliphatic heterocycles. The Morgan fingerprint density at radius 3 is 2.33 bits per heavy atom. The van der Waals surface area contributed by atoms with Gasteiger partial charge in [0, 0.05) is 22.6 Å². The molecule has 0 saturated heterocycles. The predicted molar refractivity (Wildman–Crippen MR) is 97.7 cm³/mol. The molecule has 1 aromatic heterocycles. The van der Waals surface area contributed by atoms with Gasteiger partial charge in [0.1, 0.15) is 0 Å². The summed E-state index contributed by atoms with van der Waals surface area (Å²) in [5.41, 5.74) is 4.93.